The molecule has 0 unspecified atom stereocenters. The van der Waals surface area contributed by atoms with Crippen molar-refractivity contribution in [2.24, 2.45) is 0 Å². The van der Waals surface area contributed by atoms with Crippen molar-refractivity contribution >= 4 is 15.9 Å². The fourth-order valence-corrected chi connectivity index (χ4v) is 4.25. The van der Waals surface area contributed by atoms with Gasteiger partial charge in [0.1, 0.15) is 6.04 Å². The highest BCUT2D eigenvalue weighted by atomic mass is 32.2. The summed E-state index contributed by atoms with van der Waals surface area (Å²) in [7, 11) is -3.88. The second kappa shape index (κ2) is 8.50. The number of nitrogens with zero attached hydrogens (tertiary/aromatic N) is 1. The molecule has 1 fully saturated rings. The van der Waals surface area contributed by atoms with Gasteiger partial charge in [-0.1, -0.05) is 45.7 Å². The minimum atomic E-state index is -3.88. The van der Waals surface area contributed by atoms with E-state index in [1.165, 1.54) is 12.1 Å². The number of amides is 1. The van der Waals surface area contributed by atoms with Gasteiger partial charge in [-0.25, -0.2) is 8.42 Å². The van der Waals surface area contributed by atoms with Gasteiger partial charge in [-0.05, 0) is 36.0 Å². The second-order valence-corrected chi connectivity index (χ2v) is 9.58. The molecule has 1 atom stereocenters. The topological polar surface area (TPSA) is 86.7 Å². The van der Waals surface area contributed by atoms with Crippen LogP contribution < -0.4 is 4.72 Å². The van der Waals surface area contributed by atoms with Gasteiger partial charge in [0.25, 0.3) is 0 Å². The van der Waals surface area contributed by atoms with Gasteiger partial charge in [-0.3, -0.25) is 4.79 Å². The molecule has 2 N–H and O–H groups in total. The molecule has 0 aliphatic carbocycles. The fourth-order valence-electron chi connectivity index (χ4n) is 3.07. The van der Waals surface area contributed by atoms with Crippen molar-refractivity contribution in [1.82, 2.24) is 9.62 Å². The Labute approximate surface area is 156 Å². The van der Waals surface area contributed by atoms with Crippen LogP contribution in [0.1, 0.15) is 52.0 Å². The maximum atomic E-state index is 12.6. The van der Waals surface area contributed by atoms with E-state index in [1.807, 2.05) is 0 Å². The highest BCUT2D eigenvalue weighted by molar-refractivity contribution is 7.89. The first-order valence-electron chi connectivity index (χ1n) is 9.17. The molecule has 0 bridgehead atoms. The van der Waals surface area contributed by atoms with Crippen LogP contribution in [-0.4, -0.2) is 50.1 Å². The van der Waals surface area contributed by atoms with Gasteiger partial charge in [0.15, 0.2) is 0 Å². The molecule has 1 aromatic carbocycles. The van der Waals surface area contributed by atoms with Crippen molar-refractivity contribution in [3.63, 3.8) is 0 Å². The Morgan fingerprint density at radius 3 is 2.12 bits per heavy atom. The van der Waals surface area contributed by atoms with Gasteiger partial charge in [-0.15, -0.1) is 0 Å². The van der Waals surface area contributed by atoms with Crippen LogP contribution in [0.15, 0.2) is 29.2 Å². The second-order valence-electron chi connectivity index (χ2n) is 7.87. The fraction of sp³-hybridized carbons (Fsp3) is 0.632. The molecule has 0 aromatic heterocycles. The third-order valence-electron chi connectivity index (χ3n) is 4.73. The Balaban J connectivity index is 2.13. The van der Waals surface area contributed by atoms with Crippen LogP contribution in [0.2, 0.25) is 0 Å². The minimum absolute atomic E-state index is 0.0773. The van der Waals surface area contributed by atoms with Crippen LogP contribution in [0.5, 0.6) is 0 Å². The minimum Gasteiger partial charge on any atom is -0.394 e. The molecule has 146 valence electrons. The van der Waals surface area contributed by atoms with E-state index in [2.05, 4.69) is 25.5 Å². The van der Waals surface area contributed by atoms with E-state index in [1.54, 1.807) is 17.0 Å². The van der Waals surface area contributed by atoms with E-state index < -0.39 is 22.7 Å². The molecule has 1 amide bonds. The van der Waals surface area contributed by atoms with Gasteiger partial charge < -0.3 is 10.0 Å². The molecule has 2 rings (SSSR count). The lowest BCUT2D eigenvalue weighted by Gasteiger charge is -2.25. The number of likely N-dealkylation sites (tertiary alicyclic amines) is 1. The molecule has 1 aliphatic heterocycles. The largest absolute Gasteiger partial charge is 0.394 e. The molecule has 0 radical (unpaired) electrons. The number of hydrogen-bond acceptors (Lipinski definition) is 4. The Morgan fingerprint density at radius 1 is 1.12 bits per heavy atom. The summed E-state index contributed by atoms with van der Waals surface area (Å²) in [4.78, 5) is 14.4. The first-order chi connectivity index (χ1) is 12.1. The maximum Gasteiger partial charge on any atom is 0.243 e. The third-order valence-corrected chi connectivity index (χ3v) is 6.21. The third kappa shape index (κ3) is 5.28. The molecule has 1 saturated heterocycles. The highest BCUT2D eigenvalue weighted by Gasteiger charge is 2.29. The smallest absolute Gasteiger partial charge is 0.243 e. The molecule has 7 heteroatoms. The molecule has 1 heterocycles. The Morgan fingerprint density at radius 2 is 1.65 bits per heavy atom. The van der Waals surface area contributed by atoms with Crippen molar-refractivity contribution in [1.29, 1.82) is 0 Å². The molecule has 0 saturated carbocycles. The van der Waals surface area contributed by atoms with Crippen molar-refractivity contribution < 1.29 is 18.3 Å². The van der Waals surface area contributed by atoms with Crippen molar-refractivity contribution in [3.8, 4) is 0 Å². The SMILES string of the molecule is CC(C)(C)c1ccc(S(=O)(=O)N[C@@H](CO)C(=O)N2CCCCCC2)cc1. The normalized spacial score (nSPS) is 17.6. The first-order valence-corrected chi connectivity index (χ1v) is 10.7. The predicted octanol–water partition coefficient (Wildman–Crippen LogP) is 2.03. The van der Waals surface area contributed by atoms with Crippen LogP contribution in [-0.2, 0) is 20.2 Å². The van der Waals surface area contributed by atoms with E-state index >= 15 is 0 Å². The van der Waals surface area contributed by atoms with Gasteiger partial charge >= 0.3 is 0 Å². The number of rotatable bonds is 5. The number of carbonyl (C=O) groups excluding carboxylic acids is 1. The molecule has 1 aromatic rings. The average Bonchev–Trinajstić information content (AvgIpc) is 2.88. The molecule has 26 heavy (non-hydrogen) atoms. The Kier molecular flexibility index (Phi) is 6.82. The van der Waals surface area contributed by atoms with E-state index in [9.17, 15) is 18.3 Å². The van der Waals surface area contributed by atoms with Crippen LogP contribution in [0.25, 0.3) is 0 Å². The van der Waals surface area contributed by atoms with Crippen LogP contribution >= 0.6 is 0 Å². The van der Waals surface area contributed by atoms with Gasteiger partial charge in [0.2, 0.25) is 15.9 Å². The van der Waals surface area contributed by atoms with Crippen molar-refractivity contribution in [2.75, 3.05) is 19.7 Å². The summed E-state index contributed by atoms with van der Waals surface area (Å²) in [5, 5.41) is 9.58. The first kappa shape index (κ1) is 20.9. The Bertz CT molecular complexity index is 700. The zero-order valence-corrected chi connectivity index (χ0v) is 16.7. The van der Waals surface area contributed by atoms with Crippen LogP contribution in [0.3, 0.4) is 0 Å². The zero-order chi connectivity index (χ0) is 19.4. The monoisotopic (exact) mass is 382 g/mol. The lowest BCUT2D eigenvalue weighted by Crippen LogP contribution is -2.50. The van der Waals surface area contributed by atoms with Gasteiger partial charge in [-0.2, -0.15) is 4.72 Å². The number of hydrogen-bond donors (Lipinski definition) is 2. The number of sulfonamides is 1. The summed E-state index contributed by atoms with van der Waals surface area (Å²) in [5.74, 6) is -0.357. The average molecular weight is 383 g/mol. The van der Waals surface area contributed by atoms with Gasteiger partial charge in [0.05, 0.1) is 11.5 Å². The van der Waals surface area contributed by atoms with E-state index in [-0.39, 0.29) is 16.2 Å². The molecule has 0 spiro atoms. The van der Waals surface area contributed by atoms with Crippen molar-refractivity contribution in [3.05, 3.63) is 29.8 Å². The summed E-state index contributed by atoms with van der Waals surface area (Å²) in [6.45, 7) is 6.81. The number of carbonyl (C=O) groups is 1. The summed E-state index contributed by atoms with van der Waals surface area (Å²) >= 11 is 0. The number of nitrogens with one attached hydrogen (secondary N) is 1. The number of aliphatic hydroxyl groups excluding tert-OH is 1. The van der Waals surface area contributed by atoms with Crippen molar-refractivity contribution in [2.45, 2.75) is 62.8 Å². The molecular weight excluding hydrogens is 352 g/mol. The number of aliphatic hydroxyl groups is 1. The zero-order valence-electron chi connectivity index (χ0n) is 15.9. The lowest BCUT2D eigenvalue weighted by molar-refractivity contribution is -0.133. The highest BCUT2D eigenvalue weighted by Crippen LogP contribution is 2.23. The maximum absolute atomic E-state index is 12.6. The number of benzene rings is 1. The van der Waals surface area contributed by atoms with Crippen LogP contribution in [0, 0.1) is 0 Å². The summed E-state index contributed by atoms with van der Waals surface area (Å²) in [6, 6.07) is 5.47. The summed E-state index contributed by atoms with van der Waals surface area (Å²) in [6.07, 6.45) is 3.95. The molecular formula is C19H30N2O4S. The molecule has 1 aliphatic rings. The predicted molar refractivity (Wildman–Crippen MR) is 101 cm³/mol. The lowest BCUT2D eigenvalue weighted by atomic mass is 9.87. The van der Waals surface area contributed by atoms with Gasteiger partial charge in [0, 0.05) is 13.1 Å². The van der Waals surface area contributed by atoms with E-state index in [0.29, 0.717) is 13.1 Å². The summed E-state index contributed by atoms with van der Waals surface area (Å²) in [5.41, 5.74) is 0.947. The summed E-state index contributed by atoms with van der Waals surface area (Å²) < 4.78 is 27.6. The Hall–Kier alpha value is -1.44. The quantitative estimate of drug-likeness (QED) is 0.816. The van der Waals surface area contributed by atoms with Crippen LogP contribution in [0.4, 0.5) is 0 Å². The van der Waals surface area contributed by atoms with E-state index in [0.717, 1.165) is 31.2 Å². The van der Waals surface area contributed by atoms with E-state index in [4.69, 9.17) is 0 Å². The molecule has 6 nitrogen and oxygen atoms in total. The standard InChI is InChI=1S/C19H30N2O4S/c1-19(2,3)15-8-10-16(11-9-15)26(24,25)20-17(14-22)18(23)21-12-6-4-5-7-13-21/h8-11,17,20,22H,4-7,12-14H2,1-3H3/t17-/m0/s1.